The molecule has 3 aromatic carbocycles. The number of carbonyl (C=O) groups is 1. The van der Waals surface area contributed by atoms with Gasteiger partial charge in [-0.05, 0) is 60.2 Å². The lowest BCUT2D eigenvalue weighted by Crippen LogP contribution is -2.40. The number of rotatable bonds is 3. The number of thioether (sulfide) groups is 1. The van der Waals surface area contributed by atoms with Crippen molar-refractivity contribution in [3.05, 3.63) is 101 Å². The monoisotopic (exact) mass is 416 g/mol. The van der Waals surface area contributed by atoms with Crippen LogP contribution < -0.4 is 0 Å². The second kappa shape index (κ2) is 7.65. The number of nitrogens with one attached hydrogen (secondary N) is 1. The molecule has 0 radical (unpaired) electrons. The van der Waals surface area contributed by atoms with Gasteiger partial charge in [0.2, 0.25) is 0 Å². The van der Waals surface area contributed by atoms with Crippen molar-refractivity contribution < 1.29 is 9.18 Å². The number of benzene rings is 3. The summed E-state index contributed by atoms with van der Waals surface area (Å²) in [5, 5.41) is 1.20. The van der Waals surface area contributed by atoms with Crippen LogP contribution in [0, 0.1) is 5.82 Å². The number of amides is 1. The highest BCUT2D eigenvalue weighted by molar-refractivity contribution is 7.98. The second-order valence-corrected chi connectivity index (χ2v) is 8.38. The van der Waals surface area contributed by atoms with Crippen molar-refractivity contribution in [1.29, 1.82) is 0 Å². The van der Waals surface area contributed by atoms with Crippen LogP contribution in [0.5, 0.6) is 0 Å². The molecular formula is C25H21FN2OS. The summed E-state index contributed by atoms with van der Waals surface area (Å²) in [7, 11) is 0. The van der Waals surface area contributed by atoms with Gasteiger partial charge in [0.25, 0.3) is 5.91 Å². The van der Waals surface area contributed by atoms with Crippen molar-refractivity contribution in [2.75, 3.05) is 12.8 Å². The molecule has 1 aliphatic rings. The molecule has 3 nitrogen and oxygen atoms in total. The van der Waals surface area contributed by atoms with E-state index in [4.69, 9.17) is 0 Å². The highest BCUT2D eigenvalue weighted by atomic mass is 32.2. The van der Waals surface area contributed by atoms with Gasteiger partial charge in [0.05, 0.1) is 6.04 Å². The zero-order valence-corrected chi connectivity index (χ0v) is 17.4. The molecule has 0 unspecified atom stereocenters. The van der Waals surface area contributed by atoms with Crippen LogP contribution in [0.1, 0.15) is 33.2 Å². The van der Waals surface area contributed by atoms with E-state index < -0.39 is 5.82 Å². The Morgan fingerprint density at radius 3 is 2.63 bits per heavy atom. The van der Waals surface area contributed by atoms with Crippen LogP contribution in [-0.2, 0) is 6.42 Å². The number of hydrogen-bond acceptors (Lipinski definition) is 2. The average Bonchev–Trinajstić information content (AvgIpc) is 3.17. The minimum absolute atomic E-state index is 0.155. The fourth-order valence-corrected chi connectivity index (χ4v) is 4.79. The van der Waals surface area contributed by atoms with Gasteiger partial charge in [0, 0.05) is 33.6 Å². The Morgan fingerprint density at radius 2 is 1.87 bits per heavy atom. The molecule has 150 valence electrons. The Labute approximate surface area is 178 Å². The van der Waals surface area contributed by atoms with Crippen molar-refractivity contribution in [3.63, 3.8) is 0 Å². The molecule has 1 amide bonds. The number of aromatic amines is 1. The van der Waals surface area contributed by atoms with E-state index in [9.17, 15) is 9.18 Å². The summed E-state index contributed by atoms with van der Waals surface area (Å²) in [5.74, 6) is -0.553. The third kappa shape index (κ3) is 3.19. The number of aromatic nitrogens is 1. The van der Waals surface area contributed by atoms with E-state index in [1.54, 1.807) is 23.9 Å². The van der Waals surface area contributed by atoms with Gasteiger partial charge in [0.1, 0.15) is 5.82 Å². The van der Waals surface area contributed by atoms with Crippen LogP contribution >= 0.6 is 11.8 Å². The Bertz CT molecular complexity index is 1230. The van der Waals surface area contributed by atoms with E-state index in [2.05, 4.69) is 41.4 Å². The van der Waals surface area contributed by atoms with Crippen LogP contribution in [0.2, 0.25) is 0 Å². The SMILES string of the molecule is CSc1ccc([C@@H]2c3[nH]c4ccccc4c3CCN2C(=O)c2cccc(F)c2)cc1. The molecule has 1 aliphatic heterocycles. The standard InChI is InChI=1S/C25H21FN2OS/c1-30-19-11-9-16(10-12-19)24-23-21(20-7-2-3-8-22(20)27-23)13-14-28(24)25(29)17-5-4-6-18(26)15-17/h2-12,15,24,27H,13-14H2,1H3/t24-/m1/s1. The molecule has 1 atom stereocenters. The third-order valence-corrected chi connectivity index (χ3v) is 6.54. The van der Waals surface area contributed by atoms with E-state index in [0.717, 1.165) is 23.2 Å². The summed E-state index contributed by atoms with van der Waals surface area (Å²) >= 11 is 1.69. The smallest absolute Gasteiger partial charge is 0.254 e. The van der Waals surface area contributed by atoms with Crippen molar-refractivity contribution >= 4 is 28.6 Å². The molecule has 5 rings (SSSR count). The minimum Gasteiger partial charge on any atom is -0.356 e. The highest BCUT2D eigenvalue weighted by Gasteiger charge is 2.35. The first-order valence-corrected chi connectivity index (χ1v) is 11.2. The molecule has 0 aliphatic carbocycles. The van der Waals surface area contributed by atoms with E-state index in [-0.39, 0.29) is 11.9 Å². The second-order valence-electron chi connectivity index (χ2n) is 7.50. The van der Waals surface area contributed by atoms with Crippen LogP contribution in [-0.4, -0.2) is 28.6 Å². The van der Waals surface area contributed by atoms with Gasteiger partial charge in [-0.25, -0.2) is 4.39 Å². The lowest BCUT2D eigenvalue weighted by molar-refractivity contribution is 0.0691. The minimum atomic E-state index is -0.398. The van der Waals surface area contributed by atoms with Crippen molar-refractivity contribution in [2.24, 2.45) is 0 Å². The molecule has 0 bridgehead atoms. The third-order valence-electron chi connectivity index (χ3n) is 5.80. The Hall–Kier alpha value is -3.05. The molecule has 2 heterocycles. The first-order valence-electron chi connectivity index (χ1n) is 9.95. The lowest BCUT2D eigenvalue weighted by Gasteiger charge is -2.36. The summed E-state index contributed by atoms with van der Waals surface area (Å²) in [5.41, 5.74) is 4.80. The maximum atomic E-state index is 13.8. The fraction of sp³-hybridized carbons (Fsp3) is 0.160. The van der Waals surface area contributed by atoms with Crippen molar-refractivity contribution in [1.82, 2.24) is 9.88 Å². The first kappa shape index (κ1) is 18.9. The molecule has 1 aromatic heterocycles. The number of fused-ring (bicyclic) bond motifs is 3. The molecule has 0 spiro atoms. The van der Waals surface area contributed by atoms with Gasteiger partial charge in [-0.15, -0.1) is 11.8 Å². The van der Waals surface area contributed by atoms with E-state index in [0.29, 0.717) is 12.1 Å². The van der Waals surface area contributed by atoms with E-state index >= 15 is 0 Å². The van der Waals surface area contributed by atoms with Crippen LogP contribution in [0.25, 0.3) is 10.9 Å². The highest BCUT2D eigenvalue weighted by Crippen LogP contribution is 2.39. The molecule has 30 heavy (non-hydrogen) atoms. The zero-order valence-electron chi connectivity index (χ0n) is 16.6. The summed E-state index contributed by atoms with van der Waals surface area (Å²) in [6, 6.07) is 22.3. The number of hydrogen-bond donors (Lipinski definition) is 1. The lowest BCUT2D eigenvalue weighted by atomic mass is 9.91. The predicted molar refractivity (Wildman–Crippen MR) is 120 cm³/mol. The molecule has 5 heteroatoms. The van der Waals surface area contributed by atoms with Gasteiger partial charge in [-0.2, -0.15) is 0 Å². The quantitative estimate of drug-likeness (QED) is 0.428. The normalized spacial score (nSPS) is 15.9. The maximum absolute atomic E-state index is 13.8. The number of H-pyrrole nitrogens is 1. The number of halogens is 1. The average molecular weight is 417 g/mol. The summed E-state index contributed by atoms with van der Waals surface area (Å²) in [4.78, 5) is 20.0. The Balaban J connectivity index is 1.65. The van der Waals surface area contributed by atoms with Gasteiger partial charge in [-0.3, -0.25) is 4.79 Å². The predicted octanol–water partition coefficient (Wildman–Crippen LogP) is 5.82. The molecule has 4 aromatic rings. The van der Waals surface area contributed by atoms with Gasteiger partial charge >= 0.3 is 0 Å². The Kier molecular flexibility index (Phi) is 4.83. The largest absolute Gasteiger partial charge is 0.356 e. The van der Waals surface area contributed by atoms with Crippen LogP contribution in [0.15, 0.2) is 77.7 Å². The number of para-hydroxylation sites is 1. The number of nitrogens with zero attached hydrogens (tertiary/aromatic N) is 1. The first-order chi connectivity index (χ1) is 14.7. The van der Waals surface area contributed by atoms with E-state index in [1.807, 2.05) is 23.3 Å². The summed E-state index contributed by atoms with van der Waals surface area (Å²) in [6.07, 6.45) is 2.81. The molecular weight excluding hydrogens is 395 g/mol. The summed E-state index contributed by atoms with van der Waals surface area (Å²) < 4.78 is 13.8. The molecule has 0 saturated carbocycles. The summed E-state index contributed by atoms with van der Waals surface area (Å²) in [6.45, 7) is 0.582. The Morgan fingerprint density at radius 1 is 1.07 bits per heavy atom. The van der Waals surface area contributed by atoms with Gasteiger partial charge in [-0.1, -0.05) is 36.4 Å². The van der Waals surface area contributed by atoms with Crippen molar-refractivity contribution in [3.8, 4) is 0 Å². The zero-order chi connectivity index (χ0) is 20.7. The van der Waals surface area contributed by atoms with Crippen LogP contribution in [0.3, 0.4) is 0 Å². The van der Waals surface area contributed by atoms with Gasteiger partial charge in [0.15, 0.2) is 0 Å². The topological polar surface area (TPSA) is 36.1 Å². The number of carbonyl (C=O) groups excluding carboxylic acids is 1. The maximum Gasteiger partial charge on any atom is 0.254 e. The fourth-order valence-electron chi connectivity index (χ4n) is 4.38. The van der Waals surface area contributed by atoms with Crippen molar-refractivity contribution in [2.45, 2.75) is 17.4 Å². The van der Waals surface area contributed by atoms with Gasteiger partial charge < -0.3 is 9.88 Å². The van der Waals surface area contributed by atoms with Crippen LogP contribution in [0.4, 0.5) is 4.39 Å². The van der Waals surface area contributed by atoms with E-state index in [1.165, 1.54) is 28.0 Å². The molecule has 0 fully saturated rings. The molecule has 0 saturated heterocycles. The molecule has 1 N–H and O–H groups in total.